The molecule has 2 amide bonds. The molecule has 116 valence electrons. The van der Waals surface area contributed by atoms with Crippen molar-refractivity contribution >= 4 is 11.8 Å². The van der Waals surface area contributed by atoms with E-state index in [2.05, 4.69) is 24.1 Å². The molecule has 1 fully saturated rings. The van der Waals surface area contributed by atoms with Crippen molar-refractivity contribution in [2.24, 2.45) is 0 Å². The summed E-state index contributed by atoms with van der Waals surface area (Å²) < 4.78 is 0. The summed E-state index contributed by atoms with van der Waals surface area (Å²) in [6, 6.07) is -0.314. The van der Waals surface area contributed by atoms with E-state index in [4.69, 9.17) is 0 Å². The number of hydrogen-bond acceptors (Lipinski definition) is 4. The lowest BCUT2D eigenvalue weighted by Crippen LogP contribution is -2.44. The molecule has 2 unspecified atom stereocenters. The van der Waals surface area contributed by atoms with E-state index in [9.17, 15) is 9.59 Å². The third kappa shape index (κ3) is 4.28. The molecule has 0 aromatic carbocycles. The lowest BCUT2D eigenvalue weighted by molar-refractivity contribution is -0.141. The molecule has 1 rings (SSSR count). The molecule has 5 heteroatoms. The van der Waals surface area contributed by atoms with Crippen molar-refractivity contribution in [1.82, 2.24) is 15.1 Å². The zero-order valence-corrected chi connectivity index (χ0v) is 13.3. The second-order valence-corrected chi connectivity index (χ2v) is 5.50. The van der Waals surface area contributed by atoms with Crippen LogP contribution in [-0.4, -0.2) is 59.9 Å². The van der Waals surface area contributed by atoms with Gasteiger partial charge in [-0.2, -0.15) is 0 Å². The number of likely N-dealkylation sites (tertiary alicyclic amines) is 1. The van der Waals surface area contributed by atoms with E-state index in [0.29, 0.717) is 6.42 Å². The summed E-state index contributed by atoms with van der Waals surface area (Å²) in [6.07, 6.45) is 2.25. The molecule has 0 aromatic heterocycles. The van der Waals surface area contributed by atoms with Gasteiger partial charge < -0.3 is 10.2 Å². The van der Waals surface area contributed by atoms with Crippen LogP contribution in [0.4, 0.5) is 0 Å². The van der Waals surface area contributed by atoms with Crippen molar-refractivity contribution in [2.45, 2.75) is 59.0 Å². The van der Waals surface area contributed by atoms with E-state index in [1.165, 1.54) is 4.90 Å². The number of amides is 2. The van der Waals surface area contributed by atoms with Gasteiger partial charge in [0.15, 0.2) is 0 Å². The average molecular weight is 283 g/mol. The lowest BCUT2D eigenvalue weighted by atomic mass is 10.2. The van der Waals surface area contributed by atoms with Crippen LogP contribution < -0.4 is 5.32 Å². The van der Waals surface area contributed by atoms with E-state index in [-0.39, 0.29) is 23.9 Å². The van der Waals surface area contributed by atoms with E-state index in [1.54, 1.807) is 0 Å². The Balaban J connectivity index is 2.42. The highest BCUT2D eigenvalue weighted by molar-refractivity contribution is 6.05. The van der Waals surface area contributed by atoms with Crippen LogP contribution in [0.2, 0.25) is 0 Å². The summed E-state index contributed by atoms with van der Waals surface area (Å²) >= 11 is 0. The van der Waals surface area contributed by atoms with Crippen LogP contribution in [0, 0.1) is 0 Å². The molecule has 0 saturated carbocycles. The summed E-state index contributed by atoms with van der Waals surface area (Å²) in [7, 11) is 0. The smallest absolute Gasteiger partial charge is 0.247 e. The van der Waals surface area contributed by atoms with Gasteiger partial charge in [0.05, 0.1) is 12.5 Å². The fourth-order valence-corrected chi connectivity index (χ4v) is 2.60. The first-order valence-electron chi connectivity index (χ1n) is 7.86. The molecule has 1 aliphatic rings. The van der Waals surface area contributed by atoms with Crippen molar-refractivity contribution in [3.8, 4) is 0 Å². The van der Waals surface area contributed by atoms with Crippen molar-refractivity contribution in [3.05, 3.63) is 0 Å². The predicted molar refractivity (Wildman–Crippen MR) is 80.4 cm³/mol. The van der Waals surface area contributed by atoms with Gasteiger partial charge in [-0.05, 0) is 32.9 Å². The van der Waals surface area contributed by atoms with Gasteiger partial charge in [0, 0.05) is 19.1 Å². The highest BCUT2D eigenvalue weighted by atomic mass is 16.2. The molecule has 1 heterocycles. The van der Waals surface area contributed by atoms with Crippen LogP contribution in [0.3, 0.4) is 0 Å². The molecule has 20 heavy (non-hydrogen) atoms. The summed E-state index contributed by atoms with van der Waals surface area (Å²) in [5, 5.41) is 3.24. The number of nitrogens with one attached hydrogen (secondary N) is 1. The zero-order chi connectivity index (χ0) is 15.1. The molecule has 0 bridgehead atoms. The number of likely N-dealkylation sites (N-methyl/N-ethyl adjacent to an activating group) is 1. The van der Waals surface area contributed by atoms with Gasteiger partial charge in [0.2, 0.25) is 11.8 Å². The van der Waals surface area contributed by atoms with E-state index < -0.39 is 0 Å². The Hall–Kier alpha value is -0.940. The van der Waals surface area contributed by atoms with Crippen molar-refractivity contribution in [1.29, 1.82) is 0 Å². The predicted octanol–water partition coefficient (Wildman–Crippen LogP) is 1.23. The number of carbonyl (C=O) groups excluding carboxylic acids is 2. The van der Waals surface area contributed by atoms with Crippen LogP contribution in [0.15, 0.2) is 0 Å². The molecule has 1 N–H and O–H groups in total. The standard InChI is InChI=1S/C15H29N3O2/c1-5-9-17(7-3)10-8-16-13-11-14(19)18(15(13)20)12(4)6-2/h12-13,16H,5-11H2,1-4H3. The SMILES string of the molecule is CCCN(CC)CCNC1CC(=O)N(C(C)CC)C1=O. The van der Waals surface area contributed by atoms with Gasteiger partial charge in [0.25, 0.3) is 0 Å². The van der Waals surface area contributed by atoms with Gasteiger partial charge in [-0.1, -0.05) is 20.8 Å². The number of hydrogen-bond donors (Lipinski definition) is 1. The van der Waals surface area contributed by atoms with Crippen molar-refractivity contribution in [3.63, 3.8) is 0 Å². The summed E-state index contributed by atoms with van der Waals surface area (Å²) in [4.78, 5) is 27.9. The quantitative estimate of drug-likeness (QED) is 0.647. The molecular formula is C15H29N3O2. The van der Waals surface area contributed by atoms with Gasteiger partial charge in [-0.3, -0.25) is 14.5 Å². The highest BCUT2D eigenvalue weighted by Crippen LogP contribution is 2.17. The molecule has 5 nitrogen and oxygen atoms in total. The van der Waals surface area contributed by atoms with Crippen molar-refractivity contribution < 1.29 is 9.59 Å². The Morgan fingerprint density at radius 2 is 2.00 bits per heavy atom. The average Bonchev–Trinajstić information content (AvgIpc) is 2.72. The fourth-order valence-electron chi connectivity index (χ4n) is 2.60. The number of nitrogens with zero attached hydrogens (tertiary/aromatic N) is 2. The molecule has 0 aliphatic carbocycles. The Labute approximate surface area is 122 Å². The number of imide groups is 1. The van der Waals surface area contributed by atoms with Crippen LogP contribution in [0.1, 0.15) is 47.0 Å². The normalized spacial score (nSPS) is 21.1. The molecule has 0 radical (unpaired) electrons. The van der Waals surface area contributed by atoms with E-state index in [0.717, 1.165) is 39.0 Å². The first kappa shape index (κ1) is 17.1. The molecule has 2 atom stereocenters. The Bertz CT molecular complexity index is 333. The fraction of sp³-hybridized carbons (Fsp3) is 0.867. The molecule has 1 aliphatic heterocycles. The maximum Gasteiger partial charge on any atom is 0.247 e. The number of carbonyl (C=O) groups is 2. The minimum Gasteiger partial charge on any atom is -0.304 e. The Morgan fingerprint density at radius 1 is 1.30 bits per heavy atom. The van der Waals surface area contributed by atoms with E-state index >= 15 is 0 Å². The maximum absolute atomic E-state index is 12.2. The molecule has 1 saturated heterocycles. The van der Waals surface area contributed by atoms with Crippen LogP contribution in [-0.2, 0) is 9.59 Å². The van der Waals surface area contributed by atoms with Gasteiger partial charge in [-0.15, -0.1) is 0 Å². The van der Waals surface area contributed by atoms with Crippen LogP contribution in [0.25, 0.3) is 0 Å². The summed E-state index contributed by atoms with van der Waals surface area (Å²) in [6.45, 7) is 12.0. The summed E-state index contributed by atoms with van der Waals surface area (Å²) in [5.41, 5.74) is 0. The third-order valence-electron chi connectivity index (χ3n) is 4.02. The second kappa shape index (κ2) is 8.37. The third-order valence-corrected chi connectivity index (χ3v) is 4.02. The first-order chi connectivity index (χ1) is 9.54. The molecule has 0 aromatic rings. The van der Waals surface area contributed by atoms with E-state index in [1.807, 2.05) is 13.8 Å². The maximum atomic E-state index is 12.2. The second-order valence-electron chi connectivity index (χ2n) is 5.50. The molecular weight excluding hydrogens is 254 g/mol. The van der Waals surface area contributed by atoms with Gasteiger partial charge >= 0.3 is 0 Å². The molecule has 0 spiro atoms. The largest absolute Gasteiger partial charge is 0.304 e. The van der Waals surface area contributed by atoms with Gasteiger partial charge in [0.1, 0.15) is 0 Å². The number of rotatable bonds is 9. The highest BCUT2D eigenvalue weighted by Gasteiger charge is 2.40. The van der Waals surface area contributed by atoms with Crippen LogP contribution in [0.5, 0.6) is 0 Å². The summed E-state index contributed by atoms with van der Waals surface area (Å²) in [5.74, 6) is -0.0920. The monoisotopic (exact) mass is 283 g/mol. The zero-order valence-electron chi connectivity index (χ0n) is 13.3. The minimum atomic E-state index is -0.322. The first-order valence-corrected chi connectivity index (χ1v) is 7.86. The Morgan fingerprint density at radius 3 is 2.55 bits per heavy atom. The lowest BCUT2D eigenvalue weighted by Gasteiger charge is -2.23. The minimum absolute atomic E-state index is 0.00836. The van der Waals surface area contributed by atoms with Gasteiger partial charge in [-0.25, -0.2) is 0 Å². The van der Waals surface area contributed by atoms with Crippen LogP contribution >= 0.6 is 0 Å². The Kier molecular flexibility index (Phi) is 7.16. The topological polar surface area (TPSA) is 52.7 Å². The van der Waals surface area contributed by atoms with Crippen molar-refractivity contribution in [2.75, 3.05) is 26.2 Å².